The number of aryl methyl sites for hydroxylation is 1. The Hall–Kier alpha value is -0.810. The third-order valence-corrected chi connectivity index (χ3v) is 3.26. The second-order valence-corrected chi connectivity index (χ2v) is 4.94. The van der Waals surface area contributed by atoms with E-state index in [1.807, 2.05) is 6.92 Å². The summed E-state index contributed by atoms with van der Waals surface area (Å²) in [5.41, 5.74) is 1.43. The number of anilines is 2. The van der Waals surface area contributed by atoms with Crippen LogP contribution in [0.25, 0.3) is 0 Å². The molecule has 1 aromatic heterocycles. The van der Waals surface area contributed by atoms with E-state index in [9.17, 15) is 0 Å². The van der Waals surface area contributed by atoms with Crippen LogP contribution in [0.1, 0.15) is 5.56 Å². The van der Waals surface area contributed by atoms with Gasteiger partial charge in [0, 0.05) is 5.02 Å². The first kappa shape index (κ1) is 13.6. The molecular formula is C10H6Cl4N4. The summed E-state index contributed by atoms with van der Waals surface area (Å²) in [6.45, 7) is 1.86. The van der Waals surface area contributed by atoms with Crippen molar-refractivity contribution in [3.8, 4) is 0 Å². The van der Waals surface area contributed by atoms with Gasteiger partial charge in [0.05, 0.1) is 10.7 Å². The Morgan fingerprint density at radius 1 is 1.00 bits per heavy atom. The standard InChI is InChI=1S/C10H6Cl4N4/c1-4-2-6(12)7(3-5(4)11)15-9-8(13)17-18-10(14)16-9/h2-3H,1H3,(H,15,16,18). The minimum absolute atomic E-state index is 0.0174. The van der Waals surface area contributed by atoms with Crippen molar-refractivity contribution in [2.45, 2.75) is 6.92 Å². The molecule has 2 rings (SSSR count). The molecule has 8 heteroatoms. The zero-order chi connectivity index (χ0) is 13.3. The maximum absolute atomic E-state index is 6.08. The molecule has 0 saturated heterocycles. The number of hydrogen-bond donors (Lipinski definition) is 1. The summed E-state index contributed by atoms with van der Waals surface area (Å²) >= 11 is 23.6. The SMILES string of the molecule is Cc1cc(Cl)c(Nc2nc(Cl)nnc2Cl)cc1Cl. The van der Waals surface area contributed by atoms with Crippen LogP contribution in [0.15, 0.2) is 12.1 Å². The number of halogens is 4. The number of aromatic nitrogens is 3. The molecular weight excluding hydrogens is 318 g/mol. The van der Waals surface area contributed by atoms with Gasteiger partial charge in [0.1, 0.15) is 0 Å². The quantitative estimate of drug-likeness (QED) is 0.881. The van der Waals surface area contributed by atoms with E-state index in [0.717, 1.165) is 5.56 Å². The molecule has 4 nitrogen and oxygen atoms in total. The molecule has 94 valence electrons. The van der Waals surface area contributed by atoms with Crippen molar-refractivity contribution in [1.29, 1.82) is 0 Å². The highest BCUT2D eigenvalue weighted by Gasteiger charge is 2.10. The van der Waals surface area contributed by atoms with Crippen LogP contribution in [0.4, 0.5) is 11.5 Å². The molecule has 0 saturated carbocycles. The Balaban J connectivity index is 2.40. The van der Waals surface area contributed by atoms with Crippen LogP contribution in [0.3, 0.4) is 0 Å². The molecule has 0 radical (unpaired) electrons. The van der Waals surface area contributed by atoms with Crippen molar-refractivity contribution in [2.75, 3.05) is 5.32 Å². The van der Waals surface area contributed by atoms with Crippen molar-refractivity contribution in [3.05, 3.63) is 38.2 Å². The Bertz CT molecular complexity index is 603. The van der Waals surface area contributed by atoms with Crippen LogP contribution in [0, 0.1) is 6.92 Å². The van der Waals surface area contributed by atoms with Crippen LogP contribution < -0.4 is 5.32 Å². The number of rotatable bonds is 2. The van der Waals surface area contributed by atoms with E-state index in [0.29, 0.717) is 15.7 Å². The van der Waals surface area contributed by atoms with Crippen LogP contribution in [-0.2, 0) is 0 Å². The van der Waals surface area contributed by atoms with Gasteiger partial charge in [-0.15, -0.1) is 10.2 Å². The Morgan fingerprint density at radius 3 is 2.44 bits per heavy atom. The van der Waals surface area contributed by atoms with Crippen molar-refractivity contribution in [2.24, 2.45) is 0 Å². The molecule has 1 aromatic carbocycles. The number of benzene rings is 1. The van der Waals surface area contributed by atoms with Gasteiger partial charge < -0.3 is 5.32 Å². The fraction of sp³-hybridized carbons (Fsp3) is 0.100. The van der Waals surface area contributed by atoms with Gasteiger partial charge in [0.25, 0.3) is 0 Å². The number of nitrogens with zero attached hydrogens (tertiary/aromatic N) is 3. The highest BCUT2D eigenvalue weighted by Crippen LogP contribution is 2.32. The molecule has 1 heterocycles. The first-order chi connectivity index (χ1) is 8.47. The van der Waals surface area contributed by atoms with Crippen molar-refractivity contribution in [1.82, 2.24) is 15.2 Å². The van der Waals surface area contributed by atoms with Crippen LogP contribution in [0.5, 0.6) is 0 Å². The Morgan fingerprint density at radius 2 is 1.72 bits per heavy atom. The minimum Gasteiger partial charge on any atom is -0.336 e. The van der Waals surface area contributed by atoms with Gasteiger partial charge in [-0.05, 0) is 36.2 Å². The second kappa shape index (κ2) is 5.45. The molecule has 18 heavy (non-hydrogen) atoms. The first-order valence-corrected chi connectivity index (χ1v) is 6.27. The molecule has 2 aromatic rings. The fourth-order valence-electron chi connectivity index (χ4n) is 1.24. The number of nitrogens with one attached hydrogen (secondary N) is 1. The summed E-state index contributed by atoms with van der Waals surface area (Å²) in [7, 11) is 0. The highest BCUT2D eigenvalue weighted by atomic mass is 35.5. The van der Waals surface area contributed by atoms with Gasteiger partial charge in [-0.3, -0.25) is 0 Å². The molecule has 0 aliphatic heterocycles. The van der Waals surface area contributed by atoms with E-state index in [1.165, 1.54) is 0 Å². The van der Waals surface area contributed by atoms with Gasteiger partial charge in [-0.25, -0.2) is 0 Å². The molecule has 0 bridgehead atoms. The topological polar surface area (TPSA) is 50.7 Å². The molecule has 0 spiro atoms. The molecule has 0 amide bonds. The van der Waals surface area contributed by atoms with Gasteiger partial charge >= 0.3 is 0 Å². The summed E-state index contributed by atoms with van der Waals surface area (Å²) < 4.78 is 0. The monoisotopic (exact) mass is 322 g/mol. The maximum Gasteiger partial charge on any atom is 0.245 e. The van der Waals surface area contributed by atoms with Gasteiger partial charge in [0.15, 0.2) is 11.0 Å². The van der Waals surface area contributed by atoms with E-state index >= 15 is 0 Å². The largest absolute Gasteiger partial charge is 0.336 e. The normalized spacial score (nSPS) is 10.5. The molecule has 0 aliphatic rings. The third kappa shape index (κ3) is 2.95. The average molecular weight is 324 g/mol. The van der Waals surface area contributed by atoms with E-state index in [4.69, 9.17) is 46.4 Å². The van der Waals surface area contributed by atoms with Crippen molar-refractivity contribution >= 4 is 57.9 Å². The zero-order valence-corrected chi connectivity index (χ0v) is 12.0. The molecule has 1 N–H and O–H groups in total. The molecule has 0 fully saturated rings. The van der Waals surface area contributed by atoms with E-state index in [-0.39, 0.29) is 16.3 Å². The maximum atomic E-state index is 6.08. The summed E-state index contributed by atoms with van der Waals surface area (Å²) in [4.78, 5) is 3.91. The zero-order valence-electron chi connectivity index (χ0n) is 9.01. The van der Waals surface area contributed by atoms with Crippen LogP contribution in [0.2, 0.25) is 20.5 Å². The van der Waals surface area contributed by atoms with Gasteiger partial charge in [-0.1, -0.05) is 34.8 Å². The lowest BCUT2D eigenvalue weighted by Gasteiger charge is -2.10. The smallest absolute Gasteiger partial charge is 0.245 e. The van der Waals surface area contributed by atoms with Gasteiger partial charge in [0.2, 0.25) is 5.28 Å². The van der Waals surface area contributed by atoms with E-state index < -0.39 is 0 Å². The summed E-state index contributed by atoms with van der Waals surface area (Å²) in [5, 5.41) is 11.2. The van der Waals surface area contributed by atoms with Crippen LogP contribution in [-0.4, -0.2) is 15.2 Å². The van der Waals surface area contributed by atoms with E-state index in [2.05, 4.69) is 20.5 Å². The lowest BCUT2D eigenvalue weighted by molar-refractivity contribution is 0.975. The van der Waals surface area contributed by atoms with E-state index in [1.54, 1.807) is 12.1 Å². The molecule has 0 unspecified atom stereocenters. The van der Waals surface area contributed by atoms with Crippen LogP contribution >= 0.6 is 46.4 Å². The third-order valence-electron chi connectivity index (χ3n) is 2.12. The summed E-state index contributed by atoms with van der Waals surface area (Å²) in [6.07, 6.45) is 0. The second-order valence-electron chi connectivity index (χ2n) is 3.43. The molecule has 0 atom stereocenters. The molecule has 0 aliphatic carbocycles. The first-order valence-electron chi connectivity index (χ1n) is 4.76. The van der Waals surface area contributed by atoms with Crippen molar-refractivity contribution in [3.63, 3.8) is 0 Å². The summed E-state index contributed by atoms with van der Waals surface area (Å²) in [5.74, 6) is 0.262. The minimum atomic E-state index is -0.0174. The average Bonchev–Trinajstić information content (AvgIpc) is 2.30. The fourth-order valence-corrected chi connectivity index (χ4v) is 1.92. The van der Waals surface area contributed by atoms with Gasteiger partial charge in [-0.2, -0.15) is 4.98 Å². The lowest BCUT2D eigenvalue weighted by Crippen LogP contribution is -1.99. The lowest BCUT2D eigenvalue weighted by atomic mass is 10.2. The Labute approximate surface area is 123 Å². The predicted molar refractivity (Wildman–Crippen MR) is 74.3 cm³/mol. The summed E-state index contributed by atoms with van der Waals surface area (Å²) in [6, 6.07) is 3.40. The Kier molecular flexibility index (Phi) is 4.12. The predicted octanol–water partition coefficient (Wildman–Crippen LogP) is 4.54. The number of hydrogen-bond acceptors (Lipinski definition) is 4. The highest BCUT2D eigenvalue weighted by molar-refractivity contribution is 6.36. The van der Waals surface area contributed by atoms with Crippen molar-refractivity contribution < 1.29 is 0 Å².